The van der Waals surface area contributed by atoms with Gasteiger partial charge in [-0.25, -0.2) is 0 Å². The summed E-state index contributed by atoms with van der Waals surface area (Å²) in [5.41, 5.74) is 9.43. The van der Waals surface area contributed by atoms with Gasteiger partial charge in [-0.1, -0.05) is 0 Å². The van der Waals surface area contributed by atoms with E-state index in [9.17, 15) is 0 Å². The summed E-state index contributed by atoms with van der Waals surface area (Å²) in [5, 5.41) is 6.68. The summed E-state index contributed by atoms with van der Waals surface area (Å²) >= 11 is -0.630. The van der Waals surface area contributed by atoms with Crippen LogP contribution in [-0.4, -0.2) is 38.6 Å². The Hall–Kier alpha value is -5.06. The number of hydrogen-bond acceptors (Lipinski definition) is 6. The molecule has 0 N–H and O–H groups in total. The average Bonchev–Trinajstić information content (AvgIpc) is 3.63. The summed E-state index contributed by atoms with van der Waals surface area (Å²) < 4.78 is 2.39. The predicted octanol–water partition coefficient (Wildman–Crippen LogP) is 7.28. The fraction of sp³-hybridized carbons (Fsp3) is 0.0541. The number of hydrazone groups is 1. The Balaban J connectivity index is 1.46. The zero-order valence-electron chi connectivity index (χ0n) is 24.2. The van der Waals surface area contributed by atoms with E-state index in [4.69, 9.17) is 0 Å². The fourth-order valence-corrected chi connectivity index (χ4v) is 8.60. The van der Waals surface area contributed by atoms with E-state index in [0.29, 0.717) is 0 Å². The molecule has 0 fully saturated rings. The summed E-state index contributed by atoms with van der Waals surface area (Å²) in [6, 6.07) is 48.2. The van der Waals surface area contributed by atoms with E-state index in [2.05, 4.69) is 172 Å². The van der Waals surface area contributed by atoms with Crippen LogP contribution in [0.2, 0.25) is 0 Å². The van der Waals surface area contributed by atoms with Crippen LogP contribution < -0.4 is 14.7 Å². The van der Waals surface area contributed by atoms with Gasteiger partial charge in [-0.3, -0.25) is 0 Å². The quantitative estimate of drug-likeness (QED) is 0.181. The Bertz CT molecular complexity index is 1880. The Morgan fingerprint density at radius 3 is 1.70 bits per heavy atom. The van der Waals surface area contributed by atoms with Crippen molar-refractivity contribution in [2.45, 2.75) is 0 Å². The molecule has 44 heavy (non-hydrogen) atoms. The summed E-state index contributed by atoms with van der Waals surface area (Å²) in [5.74, 6) is 0. The molecule has 0 spiro atoms. The third-order valence-electron chi connectivity index (χ3n) is 7.76. The van der Waals surface area contributed by atoms with Gasteiger partial charge in [0.25, 0.3) is 0 Å². The first-order valence-corrected chi connectivity index (χ1v) is 16.6. The number of anilines is 5. The van der Waals surface area contributed by atoms with E-state index < -0.39 is 17.6 Å². The first kappa shape index (κ1) is 26.6. The SMILES string of the molecule is CN1C=CN2[C]1=[Pt]=[C]1N(C)N=CN1c1[c-]c(ccc1)N(c1c(-c3ccccc3)cccc1-c1ccccc1)c1[c-]c2ccc1. The van der Waals surface area contributed by atoms with Gasteiger partial charge in [-0.05, 0) is 0 Å². The Morgan fingerprint density at radius 1 is 0.545 bits per heavy atom. The van der Waals surface area contributed by atoms with E-state index in [1.165, 1.54) is 4.15 Å². The van der Waals surface area contributed by atoms with Crippen LogP contribution in [0.5, 0.6) is 0 Å². The first-order valence-electron chi connectivity index (χ1n) is 14.3. The second-order valence-electron chi connectivity index (χ2n) is 10.6. The van der Waals surface area contributed by atoms with Gasteiger partial charge in [0.1, 0.15) is 0 Å². The average molecular weight is 752 g/mol. The topological polar surface area (TPSA) is 28.6 Å². The minimum atomic E-state index is -0.630. The maximum atomic E-state index is 4.69. The normalized spacial score (nSPS) is 15.5. The van der Waals surface area contributed by atoms with Gasteiger partial charge in [0.2, 0.25) is 0 Å². The van der Waals surface area contributed by atoms with Gasteiger partial charge < -0.3 is 0 Å². The van der Waals surface area contributed by atoms with Crippen molar-refractivity contribution in [1.82, 2.24) is 9.91 Å². The van der Waals surface area contributed by atoms with Crippen LogP contribution in [-0.2, 0) is 17.6 Å². The van der Waals surface area contributed by atoms with Crippen molar-refractivity contribution in [1.29, 1.82) is 0 Å². The molecule has 7 heteroatoms. The number of nitrogens with zero attached hydrogens (tertiary/aromatic N) is 6. The number of para-hydroxylation sites is 1. The summed E-state index contributed by atoms with van der Waals surface area (Å²) in [7, 11) is 4.14. The standard InChI is InChI=1S/C37H28N6.Pt/c1-39-22-23-41(27-39)31-16-9-18-33(24-31)43(34-19-10-17-32(25-34)42-26-38-40(2)28-42)37-35(29-12-5-3-6-13-29)20-11-21-36(37)30-14-7-4-8-15-30;/h3-23,26H,1-2H3;/q-2;. The van der Waals surface area contributed by atoms with E-state index in [-0.39, 0.29) is 0 Å². The first-order chi connectivity index (χ1) is 21.7. The van der Waals surface area contributed by atoms with Crippen LogP contribution in [0.3, 0.4) is 0 Å². The Morgan fingerprint density at radius 2 is 1.09 bits per heavy atom. The second-order valence-corrected chi connectivity index (χ2v) is 13.2. The molecule has 3 aliphatic rings. The number of hydrogen-bond donors (Lipinski definition) is 0. The molecule has 0 amide bonds. The van der Waals surface area contributed by atoms with Gasteiger partial charge in [0, 0.05) is 0 Å². The third-order valence-corrected chi connectivity index (χ3v) is 11.4. The molecule has 0 saturated carbocycles. The molecule has 0 radical (unpaired) electrons. The van der Waals surface area contributed by atoms with Crippen LogP contribution >= 0.6 is 0 Å². The molecule has 3 aliphatic heterocycles. The molecular weight excluding hydrogens is 724 g/mol. The summed E-state index contributed by atoms with van der Waals surface area (Å²) in [6.45, 7) is 0. The predicted molar refractivity (Wildman–Crippen MR) is 178 cm³/mol. The summed E-state index contributed by atoms with van der Waals surface area (Å²) in [4.78, 5) is 8.99. The second kappa shape index (κ2) is 10.9. The van der Waals surface area contributed by atoms with Gasteiger partial charge in [0.05, 0.1) is 0 Å². The van der Waals surface area contributed by atoms with E-state index in [1.54, 1.807) is 0 Å². The molecule has 0 saturated heterocycles. The van der Waals surface area contributed by atoms with Crippen molar-refractivity contribution >= 4 is 43.1 Å². The molecule has 4 bridgehead atoms. The zero-order valence-corrected chi connectivity index (χ0v) is 26.5. The molecular formula is C37H28N6Pt-2. The van der Waals surface area contributed by atoms with Crippen molar-refractivity contribution in [2.75, 3.05) is 28.8 Å². The van der Waals surface area contributed by atoms with Gasteiger partial charge >= 0.3 is 267 Å². The van der Waals surface area contributed by atoms with Crippen molar-refractivity contribution < 1.29 is 17.6 Å². The van der Waals surface area contributed by atoms with Crippen molar-refractivity contribution in [3.63, 3.8) is 0 Å². The Kier molecular flexibility index (Phi) is 6.57. The van der Waals surface area contributed by atoms with E-state index in [0.717, 1.165) is 54.8 Å². The number of benzene rings is 5. The molecule has 5 aromatic rings. The molecule has 8 rings (SSSR count). The molecule has 0 aliphatic carbocycles. The van der Waals surface area contributed by atoms with E-state index >= 15 is 0 Å². The molecule has 0 aromatic heterocycles. The van der Waals surface area contributed by atoms with Crippen molar-refractivity contribution in [3.05, 3.63) is 140 Å². The monoisotopic (exact) mass is 751 g/mol. The van der Waals surface area contributed by atoms with Gasteiger partial charge in [-0.15, -0.1) is 0 Å². The van der Waals surface area contributed by atoms with Crippen LogP contribution in [0, 0.1) is 12.1 Å². The van der Waals surface area contributed by atoms with E-state index in [1.807, 2.05) is 18.4 Å². The maximum absolute atomic E-state index is 4.69. The van der Waals surface area contributed by atoms with Gasteiger partial charge in [-0.2, -0.15) is 0 Å². The fourth-order valence-electron chi connectivity index (χ4n) is 5.68. The van der Waals surface area contributed by atoms with Crippen LogP contribution in [0.25, 0.3) is 22.3 Å². The summed E-state index contributed by atoms with van der Waals surface area (Å²) in [6.07, 6.45) is 6.17. The van der Waals surface area contributed by atoms with Crippen LogP contribution in [0.1, 0.15) is 0 Å². The molecule has 6 nitrogen and oxygen atoms in total. The van der Waals surface area contributed by atoms with Crippen molar-refractivity contribution in [2.24, 2.45) is 5.10 Å². The zero-order chi connectivity index (χ0) is 29.6. The minimum absolute atomic E-state index is 0.630. The number of fused-ring (bicyclic) bond motifs is 8. The molecule has 3 heterocycles. The van der Waals surface area contributed by atoms with Gasteiger partial charge in [0.15, 0.2) is 0 Å². The Labute approximate surface area is 265 Å². The molecule has 218 valence electrons. The van der Waals surface area contributed by atoms with Crippen LogP contribution in [0.4, 0.5) is 28.4 Å². The van der Waals surface area contributed by atoms with Crippen LogP contribution in [0.15, 0.2) is 133 Å². The molecule has 0 unspecified atom stereocenters. The molecule has 5 aromatic carbocycles. The third kappa shape index (κ3) is 4.50. The number of rotatable bonds is 3. The molecule has 0 atom stereocenters. The van der Waals surface area contributed by atoms with Crippen molar-refractivity contribution in [3.8, 4) is 22.3 Å².